The summed E-state index contributed by atoms with van der Waals surface area (Å²) in [6, 6.07) is 12.1. The molecular weight excluding hydrogens is 220 g/mol. The first-order valence-corrected chi connectivity index (χ1v) is 4.84. The second kappa shape index (κ2) is 6.17. The fourth-order valence-corrected chi connectivity index (χ4v) is 1.04. The van der Waals surface area contributed by atoms with Crippen molar-refractivity contribution in [1.82, 2.24) is 0 Å². The summed E-state index contributed by atoms with van der Waals surface area (Å²) in [6.45, 7) is 0. The van der Waals surface area contributed by atoms with E-state index < -0.39 is 0 Å². The zero-order valence-electron chi connectivity index (χ0n) is 8.95. The molecule has 0 saturated carbocycles. The van der Waals surface area contributed by atoms with Crippen molar-refractivity contribution in [3.8, 4) is 17.2 Å². The molecule has 0 aromatic heterocycles. The number of phenolic OH excluding ortho intramolecular Hbond substituents is 3. The van der Waals surface area contributed by atoms with E-state index in [4.69, 9.17) is 15.3 Å². The number of aldehydes is 1. The lowest BCUT2D eigenvalue weighted by molar-refractivity contribution is 0.112. The number of carbonyl (C=O) groups is 1. The number of hydrogen-bond donors (Lipinski definition) is 3. The van der Waals surface area contributed by atoms with Crippen molar-refractivity contribution in [2.24, 2.45) is 0 Å². The molecule has 0 aliphatic rings. The maximum absolute atomic E-state index is 10.1. The molecule has 0 heterocycles. The fourth-order valence-electron chi connectivity index (χ4n) is 1.04. The maximum Gasteiger partial charge on any atom is 0.153 e. The molecule has 0 radical (unpaired) electrons. The van der Waals surface area contributed by atoms with Crippen molar-refractivity contribution in [2.45, 2.75) is 0 Å². The molecule has 0 bridgehead atoms. The van der Waals surface area contributed by atoms with E-state index in [1.165, 1.54) is 30.3 Å². The third kappa shape index (κ3) is 4.25. The van der Waals surface area contributed by atoms with E-state index >= 15 is 0 Å². The second-order valence-corrected chi connectivity index (χ2v) is 3.19. The molecule has 88 valence electrons. The van der Waals surface area contributed by atoms with Crippen molar-refractivity contribution >= 4 is 6.29 Å². The van der Waals surface area contributed by atoms with Gasteiger partial charge in [0.25, 0.3) is 0 Å². The summed E-state index contributed by atoms with van der Waals surface area (Å²) in [4.78, 5) is 10.1. The van der Waals surface area contributed by atoms with Gasteiger partial charge in [-0.25, -0.2) is 0 Å². The number of phenols is 3. The van der Waals surface area contributed by atoms with Crippen LogP contribution in [0.4, 0.5) is 0 Å². The van der Waals surface area contributed by atoms with Crippen molar-refractivity contribution in [1.29, 1.82) is 0 Å². The highest BCUT2D eigenvalue weighted by Crippen LogP contribution is 2.13. The lowest BCUT2D eigenvalue weighted by Crippen LogP contribution is -1.77. The van der Waals surface area contributed by atoms with Gasteiger partial charge in [-0.05, 0) is 36.4 Å². The predicted octanol–water partition coefficient (Wildman–Crippen LogP) is 2.30. The highest BCUT2D eigenvalue weighted by molar-refractivity contribution is 5.78. The average Bonchev–Trinajstić information content (AvgIpc) is 2.34. The molecule has 2 aromatic carbocycles. The monoisotopic (exact) mass is 232 g/mol. The molecule has 0 atom stereocenters. The van der Waals surface area contributed by atoms with Gasteiger partial charge in [0.15, 0.2) is 6.29 Å². The highest BCUT2D eigenvalue weighted by Gasteiger charge is 1.93. The van der Waals surface area contributed by atoms with Crippen molar-refractivity contribution in [2.75, 3.05) is 0 Å². The van der Waals surface area contributed by atoms with E-state index in [0.29, 0.717) is 11.8 Å². The maximum atomic E-state index is 10.1. The SMILES string of the molecule is O=Cc1ccccc1O.Oc1ccc(O)cc1. The Bertz CT molecular complexity index is 456. The van der Waals surface area contributed by atoms with Crippen molar-refractivity contribution in [3.05, 3.63) is 54.1 Å². The summed E-state index contributed by atoms with van der Waals surface area (Å²) in [5, 5.41) is 26.2. The third-order valence-electron chi connectivity index (χ3n) is 1.91. The van der Waals surface area contributed by atoms with E-state index in [1.54, 1.807) is 18.2 Å². The van der Waals surface area contributed by atoms with E-state index in [-0.39, 0.29) is 17.2 Å². The van der Waals surface area contributed by atoms with Gasteiger partial charge in [0, 0.05) is 0 Å². The van der Waals surface area contributed by atoms with Gasteiger partial charge in [0.1, 0.15) is 17.2 Å². The smallest absolute Gasteiger partial charge is 0.153 e. The molecule has 0 aliphatic heterocycles. The van der Waals surface area contributed by atoms with Crippen molar-refractivity contribution < 1.29 is 20.1 Å². The van der Waals surface area contributed by atoms with Crippen LogP contribution in [0.3, 0.4) is 0 Å². The lowest BCUT2D eigenvalue weighted by atomic mass is 10.2. The quantitative estimate of drug-likeness (QED) is 0.520. The number of rotatable bonds is 1. The van der Waals surface area contributed by atoms with Gasteiger partial charge in [-0.15, -0.1) is 0 Å². The molecule has 2 rings (SSSR count). The normalized spacial score (nSPS) is 8.94. The molecule has 3 N–H and O–H groups in total. The van der Waals surface area contributed by atoms with Crippen LogP contribution in [0.25, 0.3) is 0 Å². The largest absolute Gasteiger partial charge is 0.508 e. The lowest BCUT2D eigenvalue weighted by Gasteiger charge is -1.91. The molecule has 0 unspecified atom stereocenters. The van der Waals surface area contributed by atoms with Gasteiger partial charge < -0.3 is 15.3 Å². The van der Waals surface area contributed by atoms with Gasteiger partial charge in [-0.1, -0.05) is 12.1 Å². The number of hydrogen-bond acceptors (Lipinski definition) is 4. The van der Waals surface area contributed by atoms with Crippen LogP contribution in [-0.4, -0.2) is 21.6 Å². The molecule has 4 nitrogen and oxygen atoms in total. The van der Waals surface area contributed by atoms with Crippen LogP contribution < -0.4 is 0 Å². The predicted molar refractivity (Wildman–Crippen MR) is 63.3 cm³/mol. The Morgan fingerprint density at radius 2 is 1.24 bits per heavy atom. The standard InChI is InChI=1S/C7H6O2.C6H6O2/c8-5-6-3-1-2-4-7(6)9;7-5-1-2-6(8)4-3-5/h1-5,9H;1-4,7-8H. The van der Waals surface area contributed by atoms with Gasteiger partial charge in [-0.3, -0.25) is 4.79 Å². The average molecular weight is 232 g/mol. The minimum absolute atomic E-state index is 0.0347. The van der Waals surface area contributed by atoms with Gasteiger partial charge in [0.05, 0.1) is 5.56 Å². The minimum atomic E-state index is 0.0347. The first kappa shape index (κ1) is 12.6. The van der Waals surface area contributed by atoms with Crippen LogP contribution in [0, 0.1) is 0 Å². The fraction of sp³-hybridized carbons (Fsp3) is 0. The van der Waals surface area contributed by atoms with E-state index in [2.05, 4.69) is 0 Å². The Morgan fingerprint density at radius 1 is 0.765 bits per heavy atom. The number of carbonyl (C=O) groups excluding carboxylic acids is 1. The molecule has 17 heavy (non-hydrogen) atoms. The van der Waals surface area contributed by atoms with Gasteiger partial charge in [0.2, 0.25) is 0 Å². The van der Waals surface area contributed by atoms with Crippen LogP contribution in [0.2, 0.25) is 0 Å². The van der Waals surface area contributed by atoms with E-state index in [9.17, 15) is 4.79 Å². The summed E-state index contributed by atoms with van der Waals surface area (Å²) in [6.07, 6.45) is 0.620. The van der Waals surface area contributed by atoms with E-state index in [0.717, 1.165) is 0 Å². The first-order chi connectivity index (χ1) is 8.13. The van der Waals surface area contributed by atoms with Crippen LogP contribution in [0.5, 0.6) is 17.2 Å². The molecule has 4 heteroatoms. The van der Waals surface area contributed by atoms with Crippen LogP contribution >= 0.6 is 0 Å². The summed E-state index contributed by atoms with van der Waals surface area (Å²) in [5.74, 6) is 0.373. The first-order valence-electron chi connectivity index (χ1n) is 4.84. The molecule has 0 fully saturated rings. The highest BCUT2D eigenvalue weighted by atomic mass is 16.3. The Kier molecular flexibility index (Phi) is 4.57. The van der Waals surface area contributed by atoms with Gasteiger partial charge in [-0.2, -0.15) is 0 Å². The molecule has 0 saturated heterocycles. The minimum Gasteiger partial charge on any atom is -0.508 e. The summed E-state index contributed by atoms with van der Waals surface area (Å²) >= 11 is 0. The summed E-state index contributed by atoms with van der Waals surface area (Å²) in [5.41, 5.74) is 0.331. The zero-order valence-corrected chi connectivity index (χ0v) is 8.95. The Balaban J connectivity index is 0.000000171. The Labute approximate surface area is 98.4 Å². The Morgan fingerprint density at radius 3 is 1.59 bits per heavy atom. The van der Waals surface area contributed by atoms with Crippen molar-refractivity contribution in [3.63, 3.8) is 0 Å². The third-order valence-corrected chi connectivity index (χ3v) is 1.91. The molecule has 0 spiro atoms. The topological polar surface area (TPSA) is 77.8 Å². The number of aromatic hydroxyl groups is 3. The van der Waals surface area contributed by atoms with Gasteiger partial charge >= 0.3 is 0 Å². The van der Waals surface area contributed by atoms with E-state index in [1.807, 2.05) is 0 Å². The van der Waals surface area contributed by atoms with Crippen LogP contribution in [-0.2, 0) is 0 Å². The van der Waals surface area contributed by atoms with Crippen LogP contribution in [0.15, 0.2) is 48.5 Å². The zero-order chi connectivity index (χ0) is 12.7. The molecule has 2 aromatic rings. The molecular formula is C13H12O4. The molecule has 0 aliphatic carbocycles. The van der Waals surface area contributed by atoms with Crippen LogP contribution in [0.1, 0.15) is 10.4 Å². The number of para-hydroxylation sites is 1. The Hall–Kier alpha value is -2.49. The molecule has 0 amide bonds. The summed E-state index contributed by atoms with van der Waals surface area (Å²) in [7, 11) is 0. The summed E-state index contributed by atoms with van der Waals surface area (Å²) < 4.78 is 0. The second-order valence-electron chi connectivity index (χ2n) is 3.19. The number of benzene rings is 2.